The molecule has 0 saturated carbocycles. The summed E-state index contributed by atoms with van der Waals surface area (Å²) in [6.45, 7) is -3.41. The first-order valence-corrected chi connectivity index (χ1v) is 16.5. The molecule has 4 aromatic rings. The molecule has 1 aliphatic heterocycles. The summed E-state index contributed by atoms with van der Waals surface area (Å²) in [4.78, 5) is 43.2. The molecule has 0 aromatic heterocycles. The monoisotopic (exact) mass is 637 g/mol. The Kier molecular flexibility index (Phi) is 8.10. The number of fused-ring (bicyclic) bond motifs is 1. The van der Waals surface area contributed by atoms with Crippen LogP contribution in [0.5, 0.6) is 0 Å². The van der Waals surface area contributed by atoms with Gasteiger partial charge in [0.1, 0.15) is 5.42 Å². The lowest BCUT2D eigenvalue weighted by molar-refractivity contribution is -0.151. The Morgan fingerprint density at radius 1 is 0.738 bits per heavy atom. The molecule has 5 nitrogen and oxygen atoms in total. The molecule has 42 heavy (non-hydrogen) atoms. The fraction of sp³-hybridized carbons (Fsp3) is 0.143. The number of carbonyl (C=O) groups is 3. The summed E-state index contributed by atoms with van der Waals surface area (Å²) >= 11 is 3.39. The molecule has 6 rings (SSSR count). The van der Waals surface area contributed by atoms with E-state index in [1.165, 1.54) is 0 Å². The zero-order chi connectivity index (χ0) is 29.1. The largest absolute Gasteiger partial charge is 0.453 e. The van der Waals surface area contributed by atoms with Crippen LogP contribution in [0.2, 0.25) is 0 Å². The first-order valence-electron chi connectivity index (χ1n) is 13.9. The fourth-order valence-corrected chi connectivity index (χ4v) is 10.6. The maximum Gasteiger partial charge on any atom is 0.356 e. The van der Waals surface area contributed by atoms with Gasteiger partial charge in [0.15, 0.2) is 12.4 Å². The van der Waals surface area contributed by atoms with Crippen LogP contribution in [0.3, 0.4) is 0 Å². The van der Waals surface area contributed by atoms with Crippen LogP contribution in [0.15, 0.2) is 132 Å². The summed E-state index contributed by atoms with van der Waals surface area (Å²) in [6, 6.07) is 36.5. The highest BCUT2D eigenvalue weighted by atomic mass is 79.9. The summed E-state index contributed by atoms with van der Waals surface area (Å²) in [5.74, 6) is -1.22. The van der Waals surface area contributed by atoms with Gasteiger partial charge in [-0.3, -0.25) is 9.59 Å². The number of β-lactam (4-membered cyclic amide) rings is 1. The number of likely N-dealkylation sites (tertiary alicyclic amines) is 1. The Balaban J connectivity index is 1.60. The normalized spacial score (nSPS) is 17.6. The average Bonchev–Trinajstić information content (AvgIpc) is 3.05. The standard InChI is InChI=1S/C35H29BrNO4P/c36-26-22-20-25(21-23-26)32(38)24-41-35(40)34(37-31-19-11-10-18-30(31)33(37)39)42(27-12-4-1-5-13-27,28-14-6-2-7-15-28)29-16-8-3-9-17-29/h1-17,20-23,30-31H,18-19,24H2. The average molecular weight is 638 g/mol. The smallest absolute Gasteiger partial charge is 0.356 e. The molecule has 0 spiro atoms. The van der Waals surface area contributed by atoms with E-state index in [1.54, 1.807) is 29.2 Å². The van der Waals surface area contributed by atoms with E-state index in [0.717, 1.165) is 20.4 Å². The molecule has 1 heterocycles. The zero-order valence-corrected chi connectivity index (χ0v) is 25.3. The van der Waals surface area contributed by atoms with Gasteiger partial charge in [-0.1, -0.05) is 131 Å². The number of allylic oxidation sites excluding steroid dienone is 1. The second-order valence-corrected chi connectivity index (χ2v) is 14.6. The number of halogens is 1. The Hall–Kier alpha value is -3.99. The topological polar surface area (TPSA) is 63.7 Å². The Morgan fingerprint density at radius 3 is 1.76 bits per heavy atom. The highest BCUT2D eigenvalue weighted by Gasteiger charge is 2.53. The SMILES string of the molecule is O=C(OCC(=O)c1ccc(Br)cc1)C(N1C(=O)C2CC=CCC21)=P(c1ccccc1)(c1ccccc1)c1ccccc1. The van der Waals surface area contributed by atoms with Crippen LogP contribution in [0, 0.1) is 5.92 Å². The summed E-state index contributed by atoms with van der Waals surface area (Å²) in [6.07, 6.45) is 5.43. The van der Waals surface area contributed by atoms with Crippen LogP contribution < -0.4 is 15.9 Å². The highest BCUT2D eigenvalue weighted by Crippen LogP contribution is 2.50. The van der Waals surface area contributed by atoms with Crippen LogP contribution in [0.25, 0.3) is 0 Å². The lowest BCUT2D eigenvalue weighted by Gasteiger charge is -2.50. The van der Waals surface area contributed by atoms with Crippen LogP contribution in [0.4, 0.5) is 0 Å². The van der Waals surface area contributed by atoms with Gasteiger partial charge < -0.3 is 9.64 Å². The molecule has 1 fully saturated rings. The van der Waals surface area contributed by atoms with Gasteiger partial charge in [0.05, 0.1) is 12.0 Å². The molecule has 0 N–H and O–H groups in total. The van der Waals surface area contributed by atoms with Crippen LogP contribution in [-0.4, -0.2) is 40.6 Å². The number of ether oxygens (including phenoxy) is 1. The molecule has 2 unspecified atom stereocenters. The number of esters is 1. The molecular formula is C35H29BrNO4P. The summed E-state index contributed by atoms with van der Waals surface area (Å²) in [5, 5.41) is 2.78. The van der Waals surface area contributed by atoms with Gasteiger partial charge in [-0.05, 0) is 40.9 Å². The lowest BCUT2D eigenvalue weighted by Crippen LogP contribution is -2.66. The van der Waals surface area contributed by atoms with Crippen molar-refractivity contribution in [2.45, 2.75) is 18.9 Å². The second-order valence-electron chi connectivity index (χ2n) is 10.3. The number of amides is 1. The van der Waals surface area contributed by atoms with Crippen molar-refractivity contribution in [2.24, 2.45) is 5.92 Å². The molecule has 0 bridgehead atoms. The molecule has 4 aromatic carbocycles. The fourth-order valence-electron chi connectivity index (χ4n) is 5.95. The van der Waals surface area contributed by atoms with E-state index in [0.29, 0.717) is 23.8 Å². The Labute approximate surface area is 253 Å². The first kappa shape index (κ1) is 28.1. The summed E-state index contributed by atoms with van der Waals surface area (Å²) in [7, 11) is 0. The van der Waals surface area contributed by atoms with E-state index in [1.807, 2.05) is 97.1 Å². The third-order valence-electron chi connectivity index (χ3n) is 7.94. The molecular weight excluding hydrogens is 609 g/mol. The van der Waals surface area contributed by atoms with E-state index in [-0.39, 0.29) is 23.7 Å². The predicted octanol–water partition coefficient (Wildman–Crippen LogP) is 5.48. The van der Waals surface area contributed by atoms with E-state index in [4.69, 9.17) is 4.74 Å². The number of Topliss-reactive ketones (excluding diaryl/α,β-unsaturated/α-hetero) is 1. The number of carbonyl (C=O) groups excluding carboxylic acids is 3. The molecule has 2 aliphatic rings. The van der Waals surface area contributed by atoms with Gasteiger partial charge in [0.25, 0.3) is 0 Å². The van der Waals surface area contributed by atoms with Crippen molar-refractivity contribution in [1.29, 1.82) is 0 Å². The number of rotatable bonds is 8. The summed E-state index contributed by atoms with van der Waals surface area (Å²) in [5.41, 5.74) is 0.761. The third-order valence-corrected chi connectivity index (χ3v) is 12.7. The Bertz CT molecular complexity index is 1600. The predicted molar refractivity (Wildman–Crippen MR) is 172 cm³/mol. The number of benzene rings is 4. The van der Waals surface area contributed by atoms with Crippen molar-refractivity contribution in [2.75, 3.05) is 6.61 Å². The van der Waals surface area contributed by atoms with Gasteiger partial charge in [-0.15, -0.1) is 0 Å². The first-order chi connectivity index (χ1) is 20.5. The molecule has 2 atom stereocenters. The van der Waals surface area contributed by atoms with E-state index in [2.05, 4.69) is 22.0 Å². The van der Waals surface area contributed by atoms with Crippen molar-refractivity contribution in [3.63, 3.8) is 0 Å². The molecule has 1 aliphatic carbocycles. The minimum Gasteiger partial charge on any atom is -0.453 e. The van der Waals surface area contributed by atoms with Crippen LogP contribution in [-0.2, 0) is 14.3 Å². The van der Waals surface area contributed by atoms with Crippen molar-refractivity contribution in [3.8, 4) is 0 Å². The number of hydrogen-bond donors (Lipinski definition) is 0. The van der Waals surface area contributed by atoms with Gasteiger partial charge in [0, 0.05) is 16.9 Å². The minimum absolute atomic E-state index is 0.0808. The molecule has 1 saturated heterocycles. The van der Waals surface area contributed by atoms with Gasteiger partial charge in [0.2, 0.25) is 5.91 Å². The number of ketones is 1. The van der Waals surface area contributed by atoms with Gasteiger partial charge in [-0.2, -0.15) is 0 Å². The molecule has 210 valence electrons. The maximum absolute atomic E-state index is 14.6. The van der Waals surface area contributed by atoms with Crippen LogP contribution in [0.1, 0.15) is 23.2 Å². The quantitative estimate of drug-likeness (QED) is 0.0844. The van der Waals surface area contributed by atoms with E-state index < -0.39 is 19.5 Å². The van der Waals surface area contributed by atoms with Gasteiger partial charge >= 0.3 is 5.97 Å². The highest BCUT2D eigenvalue weighted by molar-refractivity contribution is 9.10. The molecule has 1 amide bonds. The zero-order valence-electron chi connectivity index (χ0n) is 22.8. The number of nitrogens with zero attached hydrogens (tertiary/aromatic N) is 1. The molecule has 0 radical (unpaired) electrons. The van der Waals surface area contributed by atoms with Crippen molar-refractivity contribution in [1.82, 2.24) is 4.90 Å². The van der Waals surface area contributed by atoms with E-state index >= 15 is 0 Å². The number of hydrogen-bond acceptors (Lipinski definition) is 4. The van der Waals surface area contributed by atoms with E-state index in [9.17, 15) is 14.4 Å². The maximum atomic E-state index is 14.6. The molecule has 7 heteroatoms. The summed E-state index contributed by atoms with van der Waals surface area (Å²) < 4.78 is 6.73. The Morgan fingerprint density at radius 2 is 1.24 bits per heavy atom. The minimum atomic E-state index is -2.97. The van der Waals surface area contributed by atoms with Crippen LogP contribution >= 0.6 is 22.8 Å². The van der Waals surface area contributed by atoms with Crippen molar-refractivity contribution < 1.29 is 19.1 Å². The second kappa shape index (κ2) is 12.1. The lowest BCUT2D eigenvalue weighted by atomic mass is 9.79. The third kappa shape index (κ3) is 4.99. The van der Waals surface area contributed by atoms with Crippen molar-refractivity contribution >= 4 is 61.8 Å². The van der Waals surface area contributed by atoms with Gasteiger partial charge in [-0.25, -0.2) is 4.79 Å². The van der Waals surface area contributed by atoms with Crippen molar-refractivity contribution in [3.05, 3.63) is 137 Å².